The fraction of sp³-hybridized carbons (Fsp3) is 0.350. The molecule has 2 aromatic rings. The first-order valence-corrected chi connectivity index (χ1v) is 10.6. The second kappa shape index (κ2) is 9.18. The number of nitrogens with zero attached hydrogens (tertiary/aromatic N) is 1. The lowest BCUT2D eigenvalue weighted by atomic mass is 10.2. The van der Waals surface area contributed by atoms with Crippen molar-refractivity contribution < 1.29 is 22.7 Å². The van der Waals surface area contributed by atoms with Crippen LogP contribution in [-0.2, 0) is 14.8 Å². The maximum Gasteiger partial charge on any atom is 0.251 e. The second-order valence-corrected chi connectivity index (χ2v) is 8.40. The van der Waals surface area contributed by atoms with Crippen molar-refractivity contribution in [2.45, 2.75) is 11.8 Å². The molecule has 1 N–H and O–H groups in total. The number of hydrogen-bond donors (Lipinski definition) is 1. The van der Waals surface area contributed by atoms with Gasteiger partial charge in [-0.1, -0.05) is 17.7 Å². The van der Waals surface area contributed by atoms with Gasteiger partial charge in [0.25, 0.3) is 5.91 Å². The standard InChI is InChI=1S/C20H24N2O5S/c1-16-2-6-18(7-3-16)27-13-10-21-20(23)17-4-8-19(9-5-17)28(24,25)22-11-14-26-15-12-22/h2-9H,10-15H2,1H3,(H,21,23). The van der Waals surface area contributed by atoms with Crippen LogP contribution in [0.5, 0.6) is 5.75 Å². The van der Waals surface area contributed by atoms with Crippen molar-refractivity contribution in [3.8, 4) is 5.75 Å². The number of aryl methyl sites for hydroxylation is 1. The molecule has 1 fully saturated rings. The first kappa shape index (κ1) is 20.3. The number of carbonyl (C=O) groups is 1. The number of sulfonamides is 1. The third kappa shape index (κ3) is 5.09. The van der Waals surface area contributed by atoms with Gasteiger partial charge in [0, 0.05) is 18.7 Å². The van der Waals surface area contributed by atoms with Gasteiger partial charge in [-0.15, -0.1) is 0 Å². The van der Waals surface area contributed by atoms with E-state index in [1.54, 1.807) is 0 Å². The van der Waals surface area contributed by atoms with Crippen molar-refractivity contribution >= 4 is 15.9 Å². The van der Waals surface area contributed by atoms with E-state index in [4.69, 9.17) is 9.47 Å². The van der Waals surface area contributed by atoms with Gasteiger partial charge in [0.15, 0.2) is 0 Å². The number of benzene rings is 2. The zero-order valence-electron chi connectivity index (χ0n) is 15.8. The summed E-state index contributed by atoms with van der Waals surface area (Å²) in [6.07, 6.45) is 0. The lowest BCUT2D eigenvalue weighted by Gasteiger charge is -2.26. The molecule has 0 unspecified atom stereocenters. The van der Waals surface area contributed by atoms with Gasteiger partial charge in [0.05, 0.1) is 24.7 Å². The van der Waals surface area contributed by atoms with E-state index in [0.29, 0.717) is 45.0 Å². The van der Waals surface area contributed by atoms with Crippen molar-refractivity contribution in [3.05, 3.63) is 59.7 Å². The van der Waals surface area contributed by atoms with E-state index in [2.05, 4.69) is 5.32 Å². The molecule has 1 saturated heterocycles. The van der Waals surface area contributed by atoms with E-state index < -0.39 is 10.0 Å². The Bertz CT molecular complexity index is 889. The van der Waals surface area contributed by atoms with E-state index in [1.165, 1.54) is 28.6 Å². The smallest absolute Gasteiger partial charge is 0.251 e. The van der Waals surface area contributed by atoms with E-state index in [1.807, 2.05) is 31.2 Å². The highest BCUT2D eigenvalue weighted by atomic mass is 32.2. The topological polar surface area (TPSA) is 84.9 Å². The molecule has 0 bridgehead atoms. The molecule has 0 atom stereocenters. The van der Waals surface area contributed by atoms with E-state index in [-0.39, 0.29) is 10.8 Å². The third-order valence-electron chi connectivity index (χ3n) is 4.40. The summed E-state index contributed by atoms with van der Waals surface area (Å²) in [7, 11) is -3.56. The molecule has 1 aliphatic heterocycles. The molecule has 0 saturated carbocycles. The highest BCUT2D eigenvalue weighted by molar-refractivity contribution is 7.89. The second-order valence-electron chi connectivity index (χ2n) is 6.46. The van der Waals surface area contributed by atoms with Crippen molar-refractivity contribution in [1.29, 1.82) is 0 Å². The number of nitrogens with one attached hydrogen (secondary N) is 1. The van der Waals surface area contributed by atoms with Crippen LogP contribution < -0.4 is 10.1 Å². The Balaban J connectivity index is 1.51. The summed E-state index contributed by atoms with van der Waals surface area (Å²) in [5.74, 6) is 0.473. The van der Waals surface area contributed by atoms with Crippen molar-refractivity contribution in [1.82, 2.24) is 9.62 Å². The zero-order valence-corrected chi connectivity index (χ0v) is 16.6. The molecule has 8 heteroatoms. The summed E-state index contributed by atoms with van der Waals surface area (Å²) in [6, 6.07) is 13.6. The molecule has 2 aromatic carbocycles. The average molecular weight is 404 g/mol. The minimum atomic E-state index is -3.56. The highest BCUT2D eigenvalue weighted by Gasteiger charge is 2.26. The van der Waals surface area contributed by atoms with Crippen LogP contribution in [0.1, 0.15) is 15.9 Å². The molecular weight excluding hydrogens is 380 g/mol. The van der Waals surface area contributed by atoms with Crippen molar-refractivity contribution in [3.63, 3.8) is 0 Å². The van der Waals surface area contributed by atoms with Gasteiger partial charge in [-0.25, -0.2) is 8.42 Å². The Morgan fingerprint density at radius 2 is 1.71 bits per heavy atom. The summed E-state index contributed by atoms with van der Waals surface area (Å²) in [5, 5.41) is 2.76. The Labute approximate surface area is 165 Å². The monoisotopic (exact) mass is 404 g/mol. The lowest BCUT2D eigenvalue weighted by Crippen LogP contribution is -2.40. The van der Waals surface area contributed by atoms with Gasteiger partial charge in [-0.2, -0.15) is 4.31 Å². The predicted octanol–water partition coefficient (Wildman–Crippen LogP) is 1.82. The summed E-state index contributed by atoms with van der Waals surface area (Å²) in [4.78, 5) is 12.4. The normalized spacial score (nSPS) is 15.2. The predicted molar refractivity (Wildman–Crippen MR) is 105 cm³/mol. The van der Waals surface area contributed by atoms with Gasteiger partial charge in [-0.3, -0.25) is 4.79 Å². The van der Waals surface area contributed by atoms with Crippen LogP contribution in [0.4, 0.5) is 0 Å². The van der Waals surface area contributed by atoms with E-state index in [0.717, 1.165) is 11.3 Å². The molecule has 1 heterocycles. The average Bonchev–Trinajstić information content (AvgIpc) is 2.73. The number of rotatable bonds is 7. The fourth-order valence-electron chi connectivity index (χ4n) is 2.78. The molecule has 0 aromatic heterocycles. The SMILES string of the molecule is Cc1ccc(OCCNC(=O)c2ccc(S(=O)(=O)N3CCOCC3)cc2)cc1. The Morgan fingerprint density at radius 3 is 2.36 bits per heavy atom. The molecule has 3 rings (SSSR count). The van der Waals surface area contributed by atoms with Crippen molar-refractivity contribution in [2.24, 2.45) is 0 Å². The quantitative estimate of drug-likeness (QED) is 0.712. The van der Waals surface area contributed by atoms with Gasteiger partial charge in [0.2, 0.25) is 10.0 Å². The van der Waals surface area contributed by atoms with Gasteiger partial charge in [-0.05, 0) is 43.3 Å². The summed E-state index contributed by atoms with van der Waals surface area (Å²) in [5.41, 5.74) is 1.55. The molecule has 28 heavy (non-hydrogen) atoms. The zero-order chi connectivity index (χ0) is 20.0. The number of hydrogen-bond acceptors (Lipinski definition) is 5. The number of amides is 1. The van der Waals surface area contributed by atoms with Crippen LogP contribution in [0.15, 0.2) is 53.4 Å². The Kier molecular flexibility index (Phi) is 6.66. The molecule has 150 valence electrons. The first-order valence-electron chi connectivity index (χ1n) is 9.12. The van der Waals surface area contributed by atoms with Crippen LogP contribution in [0.25, 0.3) is 0 Å². The van der Waals surface area contributed by atoms with Gasteiger partial charge >= 0.3 is 0 Å². The van der Waals surface area contributed by atoms with Gasteiger partial charge in [0.1, 0.15) is 12.4 Å². The molecule has 1 amide bonds. The Hall–Kier alpha value is -2.42. The van der Waals surface area contributed by atoms with Crippen LogP contribution >= 0.6 is 0 Å². The minimum Gasteiger partial charge on any atom is -0.492 e. The minimum absolute atomic E-state index is 0.175. The number of ether oxygens (including phenoxy) is 2. The maximum atomic E-state index is 12.6. The van der Waals surface area contributed by atoms with E-state index in [9.17, 15) is 13.2 Å². The fourth-order valence-corrected chi connectivity index (χ4v) is 4.19. The maximum absolute atomic E-state index is 12.6. The van der Waals surface area contributed by atoms with Crippen LogP contribution in [0.3, 0.4) is 0 Å². The van der Waals surface area contributed by atoms with Crippen molar-refractivity contribution in [2.75, 3.05) is 39.5 Å². The molecule has 0 spiro atoms. The molecule has 0 radical (unpaired) electrons. The highest BCUT2D eigenvalue weighted by Crippen LogP contribution is 2.17. The summed E-state index contributed by atoms with van der Waals surface area (Å²) < 4.78 is 37.3. The third-order valence-corrected chi connectivity index (χ3v) is 6.31. The molecule has 7 nitrogen and oxygen atoms in total. The lowest BCUT2D eigenvalue weighted by molar-refractivity contribution is 0.0730. The molecule has 1 aliphatic rings. The largest absolute Gasteiger partial charge is 0.492 e. The first-order chi connectivity index (χ1) is 13.5. The summed E-state index contributed by atoms with van der Waals surface area (Å²) in [6.45, 7) is 4.16. The van der Waals surface area contributed by atoms with Gasteiger partial charge < -0.3 is 14.8 Å². The Morgan fingerprint density at radius 1 is 1.07 bits per heavy atom. The number of carbonyl (C=O) groups excluding carboxylic acids is 1. The van der Waals surface area contributed by atoms with Crippen LogP contribution in [-0.4, -0.2) is 58.1 Å². The van der Waals surface area contributed by atoms with Crippen LogP contribution in [0.2, 0.25) is 0 Å². The van der Waals surface area contributed by atoms with Crippen LogP contribution in [0, 0.1) is 6.92 Å². The molecule has 0 aliphatic carbocycles. The van der Waals surface area contributed by atoms with E-state index >= 15 is 0 Å². The number of morpholine rings is 1. The summed E-state index contributed by atoms with van der Waals surface area (Å²) >= 11 is 0. The molecular formula is C20H24N2O5S.